The molecule has 18 heavy (non-hydrogen) atoms. The van der Waals surface area contributed by atoms with Gasteiger partial charge in [-0.15, -0.1) is 0 Å². The fraction of sp³-hybridized carbons (Fsp3) is 0.308. The number of aryl methyl sites for hydroxylation is 1. The van der Waals surface area contributed by atoms with Crippen LogP contribution < -0.4 is 4.74 Å². The summed E-state index contributed by atoms with van der Waals surface area (Å²) in [5.74, 6) is 0.615. The summed E-state index contributed by atoms with van der Waals surface area (Å²) in [5.41, 5.74) is 1.57. The topological polar surface area (TPSA) is 47.3 Å². The fourth-order valence-corrected chi connectivity index (χ4v) is 2.59. The van der Waals surface area contributed by atoms with Crippen molar-refractivity contribution in [1.82, 2.24) is 9.78 Å². The van der Waals surface area contributed by atoms with E-state index >= 15 is 0 Å². The molecule has 5 heteroatoms. The minimum absolute atomic E-state index is 0.615. The van der Waals surface area contributed by atoms with Crippen LogP contribution >= 0.6 is 22.6 Å². The van der Waals surface area contributed by atoms with Gasteiger partial charge in [-0.05, 0) is 41.1 Å². The van der Waals surface area contributed by atoms with Crippen LogP contribution in [0.2, 0.25) is 0 Å². The average Bonchev–Trinajstić information content (AvgIpc) is 2.81. The van der Waals surface area contributed by atoms with Crippen molar-refractivity contribution in [2.75, 3.05) is 7.11 Å². The highest BCUT2D eigenvalue weighted by Crippen LogP contribution is 2.31. The van der Waals surface area contributed by atoms with Crippen LogP contribution in [0.25, 0.3) is 0 Å². The lowest BCUT2D eigenvalue weighted by Crippen LogP contribution is -2.11. The summed E-state index contributed by atoms with van der Waals surface area (Å²) in [6.45, 7) is 2.68. The number of hydrogen-bond donors (Lipinski definition) is 1. The van der Waals surface area contributed by atoms with E-state index in [0.29, 0.717) is 18.0 Å². The first-order chi connectivity index (χ1) is 8.69. The zero-order valence-corrected chi connectivity index (χ0v) is 12.5. The average molecular weight is 358 g/mol. The summed E-state index contributed by atoms with van der Waals surface area (Å²) in [4.78, 5) is 0. The maximum absolute atomic E-state index is 10.5. The minimum Gasteiger partial charge on any atom is -0.493 e. The number of rotatable bonds is 4. The molecule has 2 rings (SSSR count). The molecule has 0 fully saturated rings. The van der Waals surface area contributed by atoms with Crippen molar-refractivity contribution in [3.05, 3.63) is 45.3 Å². The van der Waals surface area contributed by atoms with Gasteiger partial charge in [0.15, 0.2) is 5.75 Å². The Morgan fingerprint density at radius 3 is 2.78 bits per heavy atom. The highest BCUT2D eigenvalue weighted by Gasteiger charge is 2.22. The van der Waals surface area contributed by atoms with Gasteiger partial charge in [0.2, 0.25) is 0 Å². The standard InChI is InChI=1S/C13H15IN2O2/c1-3-16-12(11(18-2)8-15-16)13(17)9-6-4-5-7-10(9)14/h4-8,13,17H,3H2,1-2H3. The van der Waals surface area contributed by atoms with Crippen molar-refractivity contribution in [2.45, 2.75) is 19.6 Å². The van der Waals surface area contributed by atoms with Crippen LogP contribution in [0, 0.1) is 3.57 Å². The number of methoxy groups -OCH3 is 1. The lowest BCUT2D eigenvalue weighted by atomic mass is 10.1. The van der Waals surface area contributed by atoms with Crippen LogP contribution in [0.3, 0.4) is 0 Å². The summed E-state index contributed by atoms with van der Waals surface area (Å²) in [5, 5.41) is 14.8. The van der Waals surface area contributed by atoms with Gasteiger partial charge in [-0.1, -0.05) is 18.2 Å². The number of halogens is 1. The van der Waals surface area contributed by atoms with Gasteiger partial charge in [0, 0.05) is 10.1 Å². The molecule has 0 radical (unpaired) electrons. The van der Waals surface area contributed by atoms with E-state index in [-0.39, 0.29) is 0 Å². The number of nitrogens with zero attached hydrogens (tertiary/aromatic N) is 2. The monoisotopic (exact) mass is 358 g/mol. The molecule has 1 unspecified atom stereocenters. The van der Waals surface area contributed by atoms with Gasteiger partial charge in [0.05, 0.1) is 13.3 Å². The summed E-state index contributed by atoms with van der Waals surface area (Å²) in [7, 11) is 1.59. The van der Waals surface area contributed by atoms with Crippen molar-refractivity contribution in [2.24, 2.45) is 0 Å². The molecule has 96 valence electrons. The van der Waals surface area contributed by atoms with Gasteiger partial charge in [0.1, 0.15) is 11.8 Å². The van der Waals surface area contributed by atoms with Crippen LogP contribution in [0.1, 0.15) is 24.3 Å². The van der Waals surface area contributed by atoms with Gasteiger partial charge >= 0.3 is 0 Å². The van der Waals surface area contributed by atoms with E-state index in [1.165, 1.54) is 0 Å². The molecule has 1 heterocycles. The van der Waals surface area contributed by atoms with Gasteiger partial charge in [-0.25, -0.2) is 0 Å². The van der Waals surface area contributed by atoms with Gasteiger partial charge in [0.25, 0.3) is 0 Å². The van der Waals surface area contributed by atoms with Crippen molar-refractivity contribution >= 4 is 22.6 Å². The highest BCUT2D eigenvalue weighted by molar-refractivity contribution is 14.1. The number of ether oxygens (including phenoxy) is 1. The highest BCUT2D eigenvalue weighted by atomic mass is 127. The molecule has 1 aromatic carbocycles. The summed E-state index contributed by atoms with van der Waals surface area (Å²) in [6.07, 6.45) is 0.910. The molecule has 0 aliphatic carbocycles. The first kappa shape index (κ1) is 13.4. The minimum atomic E-state index is -0.726. The molecule has 0 bridgehead atoms. The smallest absolute Gasteiger partial charge is 0.163 e. The van der Waals surface area contributed by atoms with E-state index in [4.69, 9.17) is 4.74 Å². The maximum atomic E-state index is 10.5. The number of hydrogen-bond acceptors (Lipinski definition) is 3. The Balaban J connectivity index is 2.48. The SMILES string of the molecule is CCn1ncc(OC)c1C(O)c1ccccc1I. The van der Waals surface area contributed by atoms with E-state index in [2.05, 4.69) is 27.7 Å². The Morgan fingerprint density at radius 1 is 1.44 bits per heavy atom. The molecule has 0 saturated carbocycles. The van der Waals surface area contributed by atoms with Gasteiger partial charge < -0.3 is 9.84 Å². The summed E-state index contributed by atoms with van der Waals surface area (Å²) >= 11 is 2.22. The second-order valence-corrected chi connectivity index (χ2v) is 5.00. The second kappa shape index (κ2) is 5.71. The van der Waals surface area contributed by atoms with Crippen molar-refractivity contribution in [3.63, 3.8) is 0 Å². The number of benzene rings is 1. The third-order valence-corrected chi connectivity index (χ3v) is 3.81. The number of aliphatic hydroxyl groups is 1. The van der Waals surface area contributed by atoms with Crippen molar-refractivity contribution < 1.29 is 9.84 Å². The second-order valence-electron chi connectivity index (χ2n) is 3.84. The molecule has 0 saturated heterocycles. The maximum Gasteiger partial charge on any atom is 0.163 e. The van der Waals surface area contributed by atoms with Crippen LogP contribution in [0.4, 0.5) is 0 Å². The summed E-state index contributed by atoms with van der Waals surface area (Å²) < 4.78 is 8.04. The van der Waals surface area contributed by atoms with E-state index in [0.717, 1.165) is 9.13 Å². The Morgan fingerprint density at radius 2 is 2.17 bits per heavy atom. The zero-order chi connectivity index (χ0) is 13.1. The molecule has 0 spiro atoms. The molecule has 2 aromatic rings. The Bertz CT molecular complexity index is 518. The van der Waals surface area contributed by atoms with Crippen LogP contribution in [-0.2, 0) is 6.54 Å². The third kappa shape index (κ3) is 2.37. The quantitative estimate of drug-likeness (QED) is 0.855. The Kier molecular flexibility index (Phi) is 4.23. The molecule has 0 aliphatic rings. The molecule has 1 N–H and O–H groups in total. The number of aromatic nitrogens is 2. The lowest BCUT2D eigenvalue weighted by Gasteiger charge is -2.15. The van der Waals surface area contributed by atoms with Crippen LogP contribution in [0.5, 0.6) is 5.75 Å². The lowest BCUT2D eigenvalue weighted by molar-refractivity contribution is 0.201. The molecular formula is C13H15IN2O2. The van der Waals surface area contributed by atoms with Crippen LogP contribution in [-0.4, -0.2) is 22.0 Å². The van der Waals surface area contributed by atoms with Gasteiger partial charge in [-0.2, -0.15) is 5.10 Å². The molecule has 1 atom stereocenters. The molecule has 0 amide bonds. The summed E-state index contributed by atoms with van der Waals surface area (Å²) in [6, 6.07) is 7.75. The normalized spacial score (nSPS) is 12.4. The third-order valence-electron chi connectivity index (χ3n) is 2.82. The Hall–Kier alpha value is -1.08. The molecule has 1 aromatic heterocycles. The van der Waals surface area contributed by atoms with Gasteiger partial charge in [-0.3, -0.25) is 4.68 Å². The molecule has 4 nitrogen and oxygen atoms in total. The van der Waals surface area contributed by atoms with E-state index < -0.39 is 6.10 Å². The largest absolute Gasteiger partial charge is 0.493 e. The van der Waals surface area contributed by atoms with E-state index in [1.54, 1.807) is 18.0 Å². The molecule has 0 aliphatic heterocycles. The Labute approximate surface area is 120 Å². The van der Waals surface area contributed by atoms with Crippen molar-refractivity contribution in [3.8, 4) is 5.75 Å². The fourth-order valence-electron chi connectivity index (χ4n) is 1.91. The van der Waals surface area contributed by atoms with E-state index in [9.17, 15) is 5.11 Å². The first-order valence-corrected chi connectivity index (χ1v) is 6.79. The zero-order valence-electron chi connectivity index (χ0n) is 10.3. The van der Waals surface area contributed by atoms with Crippen LogP contribution in [0.15, 0.2) is 30.5 Å². The molecular weight excluding hydrogens is 343 g/mol. The predicted octanol–water partition coefficient (Wildman–Crippen LogP) is 2.60. The first-order valence-electron chi connectivity index (χ1n) is 5.71. The van der Waals surface area contributed by atoms with E-state index in [1.807, 2.05) is 31.2 Å². The predicted molar refractivity (Wildman–Crippen MR) is 77.7 cm³/mol. The van der Waals surface area contributed by atoms with Crippen molar-refractivity contribution in [1.29, 1.82) is 0 Å². The number of aliphatic hydroxyl groups excluding tert-OH is 1.